The van der Waals surface area contributed by atoms with Crippen LogP contribution in [0.1, 0.15) is 12.8 Å². The first-order chi connectivity index (χ1) is 6.83. The average Bonchev–Trinajstić information content (AvgIpc) is 2.89. The molecular formula is C12H12BrN. The number of hydrogen-bond donors (Lipinski definition) is 0. The lowest BCUT2D eigenvalue weighted by atomic mass is 10.2. The lowest BCUT2D eigenvalue weighted by Gasteiger charge is -2.03. The van der Waals surface area contributed by atoms with Crippen LogP contribution in [0.5, 0.6) is 0 Å². The van der Waals surface area contributed by atoms with E-state index in [9.17, 15) is 0 Å². The second kappa shape index (κ2) is 3.13. The Morgan fingerprint density at radius 1 is 1.29 bits per heavy atom. The topological polar surface area (TPSA) is 4.93 Å². The van der Waals surface area contributed by atoms with Gasteiger partial charge in [0, 0.05) is 28.1 Å². The van der Waals surface area contributed by atoms with E-state index in [1.807, 2.05) is 0 Å². The zero-order valence-electron chi connectivity index (χ0n) is 7.91. The van der Waals surface area contributed by atoms with Crippen molar-refractivity contribution >= 4 is 26.8 Å². The van der Waals surface area contributed by atoms with E-state index in [4.69, 9.17) is 0 Å². The summed E-state index contributed by atoms with van der Waals surface area (Å²) in [6.45, 7) is 1.20. The molecule has 1 fully saturated rings. The van der Waals surface area contributed by atoms with Crippen LogP contribution >= 0.6 is 15.9 Å². The van der Waals surface area contributed by atoms with Gasteiger partial charge < -0.3 is 4.57 Å². The number of hydrogen-bond acceptors (Lipinski definition) is 0. The van der Waals surface area contributed by atoms with Gasteiger partial charge in [0.05, 0.1) is 0 Å². The number of aromatic nitrogens is 1. The molecule has 0 N–H and O–H groups in total. The van der Waals surface area contributed by atoms with Crippen LogP contribution in [0, 0.1) is 5.92 Å². The molecule has 0 radical (unpaired) electrons. The Morgan fingerprint density at radius 3 is 2.93 bits per heavy atom. The molecule has 0 atom stereocenters. The van der Waals surface area contributed by atoms with E-state index in [0.29, 0.717) is 0 Å². The summed E-state index contributed by atoms with van der Waals surface area (Å²) in [4.78, 5) is 0. The molecule has 1 aliphatic carbocycles. The van der Waals surface area contributed by atoms with Crippen LogP contribution in [-0.2, 0) is 6.54 Å². The Labute approximate surface area is 91.9 Å². The molecular weight excluding hydrogens is 238 g/mol. The molecule has 0 unspecified atom stereocenters. The van der Waals surface area contributed by atoms with E-state index >= 15 is 0 Å². The summed E-state index contributed by atoms with van der Waals surface area (Å²) in [6.07, 6.45) is 5.03. The van der Waals surface area contributed by atoms with Crippen molar-refractivity contribution in [2.24, 2.45) is 5.92 Å². The molecule has 2 heteroatoms. The SMILES string of the molecule is Brc1ccc2c(ccn2CC2CC2)c1. The monoisotopic (exact) mass is 249 g/mol. The molecule has 1 heterocycles. The number of fused-ring (bicyclic) bond motifs is 1. The fraction of sp³-hybridized carbons (Fsp3) is 0.333. The van der Waals surface area contributed by atoms with Gasteiger partial charge in [0.15, 0.2) is 0 Å². The number of rotatable bonds is 2. The van der Waals surface area contributed by atoms with Crippen molar-refractivity contribution in [1.82, 2.24) is 4.57 Å². The van der Waals surface area contributed by atoms with Gasteiger partial charge in [-0.2, -0.15) is 0 Å². The molecule has 0 amide bonds. The zero-order chi connectivity index (χ0) is 9.54. The summed E-state index contributed by atoms with van der Waals surface area (Å²) in [5, 5.41) is 1.33. The molecule has 0 aliphatic heterocycles. The van der Waals surface area contributed by atoms with Gasteiger partial charge in [0.2, 0.25) is 0 Å². The van der Waals surface area contributed by atoms with Crippen LogP contribution in [0.4, 0.5) is 0 Å². The van der Waals surface area contributed by atoms with Crippen molar-refractivity contribution in [2.75, 3.05) is 0 Å². The quantitative estimate of drug-likeness (QED) is 0.763. The molecule has 1 aliphatic rings. The molecule has 72 valence electrons. The highest BCUT2D eigenvalue weighted by Gasteiger charge is 2.21. The van der Waals surface area contributed by atoms with Crippen LogP contribution in [0.2, 0.25) is 0 Å². The maximum absolute atomic E-state index is 3.50. The van der Waals surface area contributed by atoms with Crippen molar-refractivity contribution in [3.8, 4) is 0 Å². The Morgan fingerprint density at radius 2 is 2.14 bits per heavy atom. The highest BCUT2D eigenvalue weighted by Crippen LogP contribution is 2.32. The second-order valence-corrected chi connectivity index (χ2v) is 5.03. The summed E-state index contributed by atoms with van der Waals surface area (Å²) >= 11 is 3.50. The molecule has 1 saturated carbocycles. The first-order valence-corrected chi connectivity index (χ1v) is 5.86. The van der Waals surface area contributed by atoms with Gasteiger partial charge in [0.25, 0.3) is 0 Å². The molecule has 1 nitrogen and oxygen atoms in total. The summed E-state index contributed by atoms with van der Waals surface area (Å²) in [6, 6.07) is 8.69. The lowest BCUT2D eigenvalue weighted by molar-refractivity contribution is 0.647. The molecule has 14 heavy (non-hydrogen) atoms. The number of halogens is 1. The standard InChI is InChI=1S/C12H12BrN/c13-11-3-4-12-10(7-11)5-6-14(12)8-9-1-2-9/h3-7,9H,1-2,8H2. The Kier molecular flexibility index (Phi) is 1.91. The molecule has 1 aromatic heterocycles. The smallest absolute Gasteiger partial charge is 0.0481 e. The van der Waals surface area contributed by atoms with Crippen molar-refractivity contribution in [2.45, 2.75) is 19.4 Å². The second-order valence-electron chi connectivity index (χ2n) is 4.11. The van der Waals surface area contributed by atoms with Crippen LogP contribution in [0.15, 0.2) is 34.9 Å². The first kappa shape index (κ1) is 8.54. The van der Waals surface area contributed by atoms with E-state index in [0.717, 1.165) is 10.4 Å². The summed E-state index contributed by atoms with van der Waals surface area (Å²) in [5.41, 5.74) is 1.36. The number of nitrogens with zero attached hydrogens (tertiary/aromatic N) is 1. The Balaban J connectivity index is 2.06. The maximum atomic E-state index is 3.50. The van der Waals surface area contributed by atoms with E-state index in [1.165, 1.54) is 30.3 Å². The van der Waals surface area contributed by atoms with Crippen molar-refractivity contribution in [1.29, 1.82) is 0 Å². The fourth-order valence-electron chi connectivity index (χ4n) is 1.91. The van der Waals surface area contributed by atoms with Crippen LogP contribution in [-0.4, -0.2) is 4.57 Å². The molecule has 1 aromatic carbocycles. The van der Waals surface area contributed by atoms with Gasteiger partial charge in [-0.15, -0.1) is 0 Å². The van der Waals surface area contributed by atoms with E-state index in [1.54, 1.807) is 0 Å². The zero-order valence-corrected chi connectivity index (χ0v) is 9.50. The third-order valence-electron chi connectivity index (χ3n) is 2.88. The third-order valence-corrected chi connectivity index (χ3v) is 3.38. The van der Waals surface area contributed by atoms with Crippen LogP contribution in [0.25, 0.3) is 10.9 Å². The van der Waals surface area contributed by atoms with Gasteiger partial charge in [-0.1, -0.05) is 15.9 Å². The minimum Gasteiger partial charge on any atom is -0.347 e. The molecule has 2 aromatic rings. The van der Waals surface area contributed by atoms with Crippen molar-refractivity contribution < 1.29 is 0 Å². The van der Waals surface area contributed by atoms with Crippen LogP contribution in [0.3, 0.4) is 0 Å². The van der Waals surface area contributed by atoms with Gasteiger partial charge in [-0.05, 0) is 43.0 Å². The minimum atomic E-state index is 0.939. The summed E-state index contributed by atoms with van der Waals surface area (Å²) in [5.74, 6) is 0.939. The predicted octanol–water partition coefficient (Wildman–Crippen LogP) is 3.81. The first-order valence-electron chi connectivity index (χ1n) is 5.07. The summed E-state index contributed by atoms with van der Waals surface area (Å²) < 4.78 is 3.54. The predicted molar refractivity (Wildman–Crippen MR) is 62.4 cm³/mol. The van der Waals surface area contributed by atoms with Gasteiger partial charge in [0.1, 0.15) is 0 Å². The highest BCUT2D eigenvalue weighted by molar-refractivity contribution is 9.10. The molecule has 0 saturated heterocycles. The average molecular weight is 250 g/mol. The molecule has 0 bridgehead atoms. The van der Waals surface area contributed by atoms with Crippen molar-refractivity contribution in [3.63, 3.8) is 0 Å². The Bertz CT molecular complexity index is 468. The molecule has 3 rings (SSSR count). The summed E-state index contributed by atoms with van der Waals surface area (Å²) in [7, 11) is 0. The maximum Gasteiger partial charge on any atom is 0.0481 e. The lowest BCUT2D eigenvalue weighted by Crippen LogP contribution is -1.96. The Hall–Kier alpha value is -0.760. The van der Waals surface area contributed by atoms with Crippen LogP contribution < -0.4 is 0 Å². The van der Waals surface area contributed by atoms with E-state index in [-0.39, 0.29) is 0 Å². The fourth-order valence-corrected chi connectivity index (χ4v) is 2.29. The largest absolute Gasteiger partial charge is 0.347 e. The normalized spacial score (nSPS) is 16.4. The van der Waals surface area contributed by atoms with E-state index in [2.05, 4.69) is 51.0 Å². The van der Waals surface area contributed by atoms with Crippen molar-refractivity contribution in [3.05, 3.63) is 34.9 Å². The van der Waals surface area contributed by atoms with E-state index < -0.39 is 0 Å². The molecule has 0 spiro atoms. The highest BCUT2D eigenvalue weighted by atomic mass is 79.9. The van der Waals surface area contributed by atoms with Gasteiger partial charge >= 0.3 is 0 Å². The van der Waals surface area contributed by atoms with Gasteiger partial charge in [-0.3, -0.25) is 0 Å². The van der Waals surface area contributed by atoms with Gasteiger partial charge in [-0.25, -0.2) is 0 Å². The minimum absolute atomic E-state index is 0.939. The number of benzene rings is 1. The third kappa shape index (κ3) is 1.48.